The molecular formula is C15H12F3N3OS. The summed E-state index contributed by atoms with van der Waals surface area (Å²) < 4.78 is 37.4. The number of nitrogens with two attached hydrogens (primary N) is 1. The molecule has 8 heteroatoms. The summed E-state index contributed by atoms with van der Waals surface area (Å²) in [4.78, 5) is 11.1. The van der Waals surface area contributed by atoms with Gasteiger partial charge in [0.2, 0.25) is 5.91 Å². The van der Waals surface area contributed by atoms with Crippen LogP contribution in [0.15, 0.2) is 48.5 Å². The monoisotopic (exact) mass is 339 g/mol. The van der Waals surface area contributed by atoms with E-state index in [1.165, 1.54) is 18.2 Å². The smallest absolute Gasteiger partial charge is 0.366 e. The van der Waals surface area contributed by atoms with Gasteiger partial charge in [-0.15, -0.1) is 0 Å². The van der Waals surface area contributed by atoms with Crippen LogP contribution in [0.5, 0.6) is 0 Å². The van der Waals surface area contributed by atoms with Gasteiger partial charge in [-0.25, -0.2) is 0 Å². The lowest BCUT2D eigenvalue weighted by molar-refractivity contribution is -0.137. The largest absolute Gasteiger partial charge is 0.416 e. The van der Waals surface area contributed by atoms with Crippen LogP contribution in [0.1, 0.15) is 15.9 Å². The second kappa shape index (κ2) is 6.66. The van der Waals surface area contributed by atoms with Crippen molar-refractivity contribution in [2.24, 2.45) is 5.73 Å². The maximum absolute atomic E-state index is 12.5. The van der Waals surface area contributed by atoms with Crippen LogP contribution in [0.4, 0.5) is 24.5 Å². The summed E-state index contributed by atoms with van der Waals surface area (Å²) in [7, 11) is 0. The molecule has 0 radical (unpaired) electrons. The predicted molar refractivity (Wildman–Crippen MR) is 86.2 cm³/mol. The molecule has 4 N–H and O–H groups in total. The number of benzene rings is 2. The Labute approximate surface area is 135 Å². The number of hydrogen-bond acceptors (Lipinski definition) is 2. The third kappa shape index (κ3) is 4.68. The molecule has 2 aromatic carbocycles. The predicted octanol–water partition coefficient (Wildman–Crippen LogP) is 3.61. The quantitative estimate of drug-likeness (QED) is 0.747. The summed E-state index contributed by atoms with van der Waals surface area (Å²) in [6.07, 6.45) is -4.38. The summed E-state index contributed by atoms with van der Waals surface area (Å²) in [5, 5.41) is 5.75. The summed E-state index contributed by atoms with van der Waals surface area (Å²) >= 11 is 5.07. The van der Waals surface area contributed by atoms with E-state index in [0.29, 0.717) is 16.9 Å². The molecule has 2 rings (SSSR count). The highest BCUT2D eigenvalue weighted by molar-refractivity contribution is 7.80. The Morgan fingerprint density at radius 3 is 2.17 bits per heavy atom. The van der Waals surface area contributed by atoms with E-state index < -0.39 is 17.6 Å². The summed E-state index contributed by atoms with van der Waals surface area (Å²) in [5.74, 6) is -0.574. The van der Waals surface area contributed by atoms with Crippen LogP contribution in [0.2, 0.25) is 0 Å². The number of amides is 1. The Bertz CT molecular complexity index is 729. The van der Waals surface area contributed by atoms with E-state index >= 15 is 0 Å². The Balaban J connectivity index is 2.02. The van der Waals surface area contributed by atoms with Crippen molar-refractivity contribution in [1.29, 1.82) is 0 Å². The van der Waals surface area contributed by atoms with Crippen LogP contribution < -0.4 is 16.4 Å². The highest BCUT2D eigenvalue weighted by Crippen LogP contribution is 2.29. The van der Waals surface area contributed by atoms with Crippen molar-refractivity contribution in [2.75, 3.05) is 10.6 Å². The van der Waals surface area contributed by atoms with Gasteiger partial charge in [0.05, 0.1) is 5.56 Å². The number of anilines is 2. The highest BCUT2D eigenvalue weighted by atomic mass is 32.1. The Kier molecular flexibility index (Phi) is 4.85. The lowest BCUT2D eigenvalue weighted by Gasteiger charge is -2.12. The fraction of sp³-hybridized carbons (Fsp3) is 0.0667. The molecule has 0 saturated carbocycles. The standard InChI is InChI=1S/C15H12F3N3OS/c16-15(17,18)10-4-6-11(7-5-10)20-14(23)21-12-3-1-2-9(8-12)13(19)22/h1-8H,(H2,19,22)(H2,20,21,23). The van der Waals surface area contributed by atoms with Crippen molar-refractivity contribution in [1.82, 2.24) is 0 Å². The molecule has 0 saturated heterocycles. The zero-order valence-corrected chi connectivity index (χ0v) is 12.5. The van der Waals surface area contributed by atoms with Crippen molar-refractivity contribution in [3.63, 3.8) is 0 Å². The second-order valence-corrected chi connectivity index (χ2v) is 5.01. The molecule has 2 aromatic rings. The number of carbonyl (C=O) groups is 1. The Hall–Kier alpha value is -2.61. The number of nitrogens with one attached hydrogen (secondary N) is 2. The van der Waals surface area contributed by atoms with E-state index in [2.05, 4.69) is 10.6 Å². The molecule has 4 nitrogen and oxygen atoms in total. The van der Waals surface area contributed by atoms with Crippen LogP contribution >= 0.6 is 12.2 Å². The fourth-order valence-electron chi connectivity index (χ4n) is 1.79. The number of thiocarbonyl (C=S) groups is 1. The highest BCUT2D eigenvalue weighted by Gasteiger charge is 2.29. The molecule has 0 fully saturated rings. The molecule has 0 unspecified atom stereocenters. The summed E-state index contributed by atoms with van der Waals surface area (Å²) in [6, 6.07) is 10.8. The molecule has 0 heterocycles. The van der Waals surface area contributed by atoms with Crippen molar-refractivity contribution in [3.8, 4) is 0 Å². The maximum Gasteiger partial charge on any atom is 0.416 e. The van der Waals surface area contributed by atoms with Crippen LogP contribution in [-0.2, 0) is 6.18 Å². The SMILES string of the molecule is NC(=O)c1cccc(NC(=S)Nc2ccc(C(F)(F)F)cc2)c1. The second-order valence-electron chi connectivity index (χ2n) is 4.60. The van der Waals surface area contributed by atoms with Crippen molar-refractivity contribution in [2.45, 2.75) is 6.18 Å². The third-order valence-corrected chi connectivity index (χ3v) is 3.08. The lowest BCUT2D eigenvalue weighted by atomic mass is 10.2. The van der Waals surface area contributed by atoms with E-state index in [4.69, 9.17) is 18.0 Å². The third-order valence-electron chi connectivity index (χ3n) is 2.88. The molecule has 0 bridgehead atoms. The normalized spacial score (nSPS) is 10.9. The Morgan fingerprint density at radius 2 is 1.61 bits per heavy atom. The maximum atomic E-state index is 12.5. The van der Waals surface area contributed by atoms with Gasteiger partial charge in [-0.05, 0) is 54.7 Å². The number of halogens is 3. The van der Waals surface area contributed by atoms with E-state index in [0.717, 1.165) is 12.1 Å². The van der Waals surface area contributed by atoms with Crippen molar-refractivity contribution < 1.29 is 18.0 Å². The average molecular weight is 339 g/mol. The van der Waals surface area contributed by atoms with Gasteiger partial charge in [-0.1, -0.05) is 6.07 Å². The molecule has 0 spiro atoms. The van der Waals surface area contributed by atoms with Gasteiger partial charge in [0.1, 0.15) is 0 Å². The average Bonchev–Trinajstić information content (AvgIpc) is 2.47. The fourth-order valence-corrected chi connectivity index (χ4v) is 2.02. The van der Waals surface area contributed by atoms with E-state index in [1.54, 1.807) is 18.2 Å². The first-order valence-electron chi connectivity index (χ1n) is 6.41. The number of primary amides is 1. The first-order valence-corrected chi connectivity index (χ1v) is 6.81. The molecule has 0 aliphatic carbocycles. The molecule has 0 atom stereocenters. The van der Waals surface area contributed by atoms with Crippen molar-refractivity contribution in [3.05, 3.63) is 59.7 Å². The van der Waals surface area contributed by atoms with Crippen LogP contribution in [0.3, 0.4) is 0 Å². The van der Waals surface area contributed by atoms with E-state index in [-0.39, 0.29) is 5.11 Å². The minimum Gasteiger partial charge on any atom is -0.366 e. The molecule has 1 amide bonds. The zero-order chi connectivity index (χ0) is 17.0. The van der Waals surface area contributed by atoms with E-state index in [9.17, 15) is 18.0 Å². The molecule has 23 heavy (non-hydrogen) atoms. The number of rotatable bonds is 3. The Morgan fingerprint density at radius 1 is 1.00 bits per heavy atom. The van der Waals surface area contributed by atoms with Gasteiger partial charge in [-0.2, -0.15) is 13.2 Å². The molecular weight excluding hydrogens is 327 g/mol. The molecule has 0 aliphatic rings. The summed E-state index contributed by atoms with van der Waals surface area (Å²) in [6.45, 7) is 0. The minimum absolute atomic E-state index is 0.173. The van der Waals surface area contributed by atoms with E-state index in [1.807, 2.05) is 0 Å². The van der Waals surface area contributed by atoms with Crippen LogP contribution in [-0.4, -0.2) is 11.0 Å². The van der Waals surface area contributed by atoms with Crippen LogP contribution in [0, 0.1) is 0 Å². The topological polar surface area (TPSA) is 67.2 Å². The zero-order valence-electron chi connectivity index (χ0n) is 11.6. The lowest BCUT2D eigenvalue weighted by Crippen LogP contribution is -2.19. The van der Waals surface area contributed by atoms with Gasteiger partial charge in [-0.3, -0.25) is 4.79 Å². The molecule has 120 valence electrons. The molecule has 0 aromatic heterocycles. The number of hydrogen-bond donors (Lipinski definition) is 3. The van der Waals surface area contributed by atoms with Gasteiger partial charge < -0.3 is 16.4 Å². The van der Waals surface area contributed by atoms with Gasteiger partial charge in [0.25, 0.3) is 0 Å². The first kappa shape index (κ1) is 16.8. The van der Waals surface area contributed by atoms with Gasteiger partial charge in [0.15, 0.2) is 5.11 Å². The van der Waals surface area contributed by atoms with Crippen LogP contribution in [0.25, 0.3) is 0 Å². The summed E-state index contributed by atoms with van der Waals surface area (Å²) in [5.41, 5.74) is 5.69. The number of carbonyl (C=O) groups excluding carboxylic acids is 1. The minimum atomic E-state index is -4.38. The van der Waals surface area contributed by atoms with Gasteiger partial charge in [0, 0.05) is 16.9 Å². The first-order chi connectivity index (χ1) is 10.8. The van der Waals surface area contributed by atoms with Gasteiger partial charge >= 0.3 is 6.18 Å². The van der Waals surface area contributed by atoms with Crippen molar-refractivity contribution >= 4 is 34.6 Å². The number of alkyl halides is 3. The molecule has 0 aliphatic heterocycles.